The first-order chi connectivity index (χ1) is 12.7. The van der Waals surface area contributed by atoms with Crippen LogP contribution in [0.15, 0.2) is 30.5 Å². The fourth-order valence-electron chi connectivity index (χ4n) is 3.38. The minimum Gasteiger partial charge on any atom is -0.478 e. The highest BCUT2D eigenvalue weighted by molar-refractivity contribution is 5.94. The monoisotopic (exact) mass is 381 g/mol. The van der Waals surface area contributed by atoms with Crippen LogP contribution in [0.4, 0.5) is 13.2 Å². The van der Waals surface area contributed by atoms with Crippen molar-refractivity contribution >= 4 is 11.9 Å². The first-order valence-electron chi connectivity index (χ1n) is 8.46. The topological polar surface area (TPSA) is 75.4 Å². The Morgan fingerprint density at radius 2 is 1.78 bits per heavy atom. The molecule has 1 aromatic heterocycles. The van der Waals surface area contributed by atoms with Crippen molar-refractivity contribution in [2.24, 2.45) is 0 Å². The van der Waals surface area contributed by atoms with E-state index in [0.717, 1.165) is 25.7 Å². The van der Waals surface area contributed by atoms with E-state index in [1.807, 2.05) is 0 Å². The summed E-state index contributed by atoms with van der Waals surface area (Å²) in [5, 5.41) is 12.5. The molecule has 0 bridgehead atoms. The number of halogens is 3. The summed E-state index contributed by atoms with van der Waals surface area (Å²) >= 11 is 0. The van der Waals surface area contributed by atoms with Crippen molar-refractivity contribution in [2.75, 3.05) is 7.05 Å². The smallest absolute Gasteiger partial charge is 0.434 e. The second kappa shape index (κ2) is 7.05. The van der Waals surface area contributed by atoms with E-state index < -0.39 is 23.4 Å². The van der Waals surface area contributed by atoms with Gasteiger partial charge in [0.05, 0.1) is 11.9 Å². The summed E-state index contributed by atoms with van der Waals surface area (Å²) in [5.74, 6) is -1.91. The number of aromatic carboxylic acids is 1. The number of carboxylic acid groups (broad SMARTS) is 1. The quantitative estimate of drug-likeness (QED) is 0.878. The number of rotatable bonds is 4. The molecule has 6 nitrogen and oxygen atoms in total. The van der Waals surface area contributed by atoms with Crippen LogP contribution >= 0.6 is 0 Å². The van der Waals surface area contributed by atoms with Crippen LogP contribution in [-0.2, 0) is 6.18 Å². The van der Waals surface area contributed by atoms with E-state index in [4.69, 9.17) is 5.11 Å². The molecule has 0 saturated heterocycles. The van der Waals surface area contributed by atoms with E-state index in [9.17, 15) is 22.8 Å². The number of carboxylic acids is 1. The van der Waals surface area contributed by atoms with Crippen LogP contribution < -0.4 is 0 Å². The Hall–Kier alpha value is -2.84. The average Bonchev–Trinajstić information content (AvgIpc) is 3.29. The number of benzene rings is 1. The highest BCUT2D eigenvalue weighted by Crippen LogP contribution is 2.33. The number of amides is 1. The number of alkyl halides is 3. The summed E-state index contributed by atoms with van der Waals surface area (Å²) in [5.41, 5.74) is -1.91. The Balaban J connectivity index is 1.90. The molecule has 0 aliphatic heterocycles. The van der Waals surface area contributed by atoms with Gasteiger partial charge >= 0.3 is 12.1 Å². The van der Waals surface area contributed by atoms with Gasteiger partial charge in [0.2, 0.25) is 0 Å². The molecule has 1 aliphatic rings. The summed E-state index contributed by atoms with van der Waals surface area (Å²) in [7, 11) is 1.72. The summed E-state index contributed by atoms with van der Waals surface area (Å²) in [4.78, 5) is 25.3. The molecule has 0 unspecified atom stereocenters. The van der Waals surface area contributed by atoms with Gasteiger partial charge in [-0.1, -0.05) is 12.8 Å². The fraction of sp³-hybridized carbons (Fsp3) is 0.389. The molecule has 2 aromatic rings. The van der Waals surface area contributed by atoms with E-state index in [1.165, 1.54) is 24.3 Å². The molecule has 1 amide bonds. The largest absolute Gasteiger partial charge is 0.478 e. The van der Waals surface area contributed by atoms with Gasteiger partial charge in [-0.05, 0) is 37.1 Å². The van der Waals surface area contributed by atoms with Gasteiger partial charge in [-0.2, -0.15) is 18.3 Å². The standard InChI is InChI=1S/C18H18F3N3O3/c1-23(12-4-2-3-5-12)16(25)11-6-8-13(9-7-11)24-15(18(19,20)21)14(10-22-24)17(26)27/h6-10,12H,2-5H2,1H3,(H,26,27). The number of hydrogen-bond acceptors (Lipinski definition) is 3. The Labute approximate surface area is 153 Å². The van der Waals surface area contributed by atoms with E-state index >= 15 is 0 Å². The second-order valence-corrected chi connectivity index (χ2v) is 6.52. The van der Waals surface area contributed by atoms with Gasteiger partial charge in [0, 0.05) is 18.7 Å². The Kier molecular flexibility index (Phi) is 4.95. The van der Waals surface area contributed by atoms with Crippen molar-refractivity contribution in [3.8, 4) is 5.69 Å². The molecule has 1 saturated carbocycles. The predicted octanol–water partition coefficient (Wildman–Crippen LogP) is 3.60. The summed E-state index contributed by atoms with van der Waals surface area (Å²) in [6, 6.07) is 5.67. The number of nitrogens with zero attached hydrogens (tertiary/aromatic N) is 3. The van der Waals surface area contributed by atoms with Crippen molar-refractivity contribution in [2.45, 2.75) is 37.9 Å². The van der Waals surface area contributed by atoms with Gasteiger partial charge in [0.25, 0.3) is 5.91 Å². The third-order valence-electron chi connectivity index (χ3n) is 4.82. The zero-order chi connectivity index (χ0) is 19.8. The molecule has 1 heterocycles. The minimum atomic E-state index is -4.89. The van der Waals surface area contributed by atoms with Crippen molar-refractivity contribution in [1.29, 1.82) is 0 Å². The third kappa shape index (κ3) is 3.67. The highest BCUT2D eigenvalue weighted by atomic mass is 19.4. The fourth-order valence-corrected chi connectivity index (χ4v) is 3.38. The van der Waals surface area contributed by atoms with Gasteiger partial charge in [-0.25, -0.2) is 9.48 Å². The van der Waals surface area contributed by atoms with Crippen LogP contribution in [0, 0.1) is 0 Å². The predicted molar refractivity (Wildman–Crippen MR) is 89.9 cm³/mol. The first kappa shape index (κ1) is 18.9. The van der Waals surface area contributed by atoms with E-state index in [2.05, 4.69) is 5.10 Å². The molecule has 0 radical (unpaired) electrons. The van der Waals surface area contributed by atoms with Crippen LogP contribution in [0.1, 0.15) is 52.1 Å². The zero-order valence-electron chi connectivity index (χ0n) is 14.5. The lowest BCUT2D eigenvalue weighted by atomic mass is 10.1. The Morgan fingerprint density at radius 3 is 2.30 bits per heavy atom. The maximum absolute atomic E-state index is 13.3. The van der Waals surface area contributed by atoms with Gasteiger partial charge in [0.15, 0.2) is 5.69 Å². The van der Waals surface area contributed by atoms with E-state index in [-0.39, 0.29) is 17.6 Å². The Morgan fingerprint density at radius 1 is 1.19 bits per heavy atom. The molecule has 9 heteroatoms. The van der Waals surface area contributed by atoms with Gasteiger partial charge in [-0.3, -0.25) is 4.79 Å². The number of carbonyl (C=O) groups excluding carboxylic acids is 1. The van der Waals surface area contributed by atoms with Gasteiger partial charge < -0.3 is 10.0 Å². The first-order valence-corrected chi connectivity index (χ1v) is 8.46. The normalized spacial score (nSPS) is 15.1. The van der Waals surface area contributed by atoms with Gasteiger partial charge in [-0.15, -0.1) is 0 Å². The molecular formula is C18H18F3N3O3. The van der Waals surface area contributed by atoms with Crippen molar-refractivity contribution in [3.63, 3.8) is 0 Å². The summed E-state index contributed by atoms with van der Waals surface area (Å²) < 4.78 is 40.4. The number of aromatic nitrogens is 2. The Bertz CT molecular complexity index is 853. The van der Waals surface area contributed by atoms with Crippen LogP contribution in [0.5, 0.6) is 0 Å². The molecule has 27 heavy (non-hydrogen) atoms. The molecule has 1 N–H and O–H groups in total. The maximum Gasteiger partial charge on any atom is 0.434 e. The SMILES string of the molecule is CN(C(=O)c1ccc(-n2ncc(C(=O)O)c2C(F)(F)F)cc1)C1CCCC1. The van der Waals surface area contributed by atoms with Crippen LogP contribution in [0.3, 0.4) is 0 Å². The lowest BCUT2D eigenvalue weighted by Crippen LogP contribution is -2.35. The van der Waals surface area contributed by atoms with E-state index in [1.54, 1.807) is 11.9 Å². The average molecular weight is 381 g/mol. The molecule has 144 valence electrons. The molecule has 1 aliphatic carbocycles. The summed E-state index contributed by atoms with van der Waals surface area (Å²) in [6.45, 7) is 0. The van der Waals surface area contributed by atoms with Crippen LogP contribution in [-0.4, -0.2) is 44.8 Å². The summed E-state index contributed by atoms with van der Waals surface area (Å²) in [6.07, 6.45) is -0.181. The minimum absolute atomic E-state index is 0.0231. The molecule has 3 rings (SSSR count). The van der Waals surface area contributed by atoms with E-state index in [0.29, 0.717) is 16.4 Å². The van der Waals surface area contributed by atoms with Gasteiger partial charge in [0.1, 0.15) is 5.56 Å². The molecular weight excluding hydrogens is 363 g/mol. The molecule has 1 aromatic carbocycles. The number of hydrogen-bond donors (Lipinski definition) is 1. The second-order valence-electron chi connectivity index (χ2n) is 6.52. The van der Waals surface area contributed by atoms with Crippen molar-refractivity contribution < 1.29 is 27.9 Å². The van der Waals surface area contributed by atoms with Crippen molar-refractivity contribution in [3.05, 3.63) is 47.3 Å². The molecule has 0 spiro atoms. The number of carbonyl (C=O) groups is 2. The molecule has 1 fully saturated rings. The third-order valence-corrected chi connectivity index (χ3v) is 4.82. The lowest BCUT2D eigenvalue weighted by molar-refractivity contribution is -0.143. The maximum atomic E-state index is 13.3. The molecule has 0 atom stereocenters. The van der Waals surface area contributed by atoms with Crippen molar-refractivity contribution in [1.82, 2.24) is 14.7 Å². The van der Waals surface area contributed by atoms with Crippen LogP contribution in [0.25, 0.3) is 5.69 Å². The lowest BCUT2D eigenvalue weighted by Gasteiger charge is -2.24. The van der Waals surface area contributed by atoms with Crippen LogP contribution in [0.2, 0.25) is 0 Å². The zero-order valence-corrected chi connectivity index (χ0v) is 14.5. The highest BCUT2D eigenvalue weighted by Gasteiger charge is 2.40.